The lowest BCUT2D eigenvalue weighted by Crippen LogP contribution is -2.34. The van der Waals surface area contributed by atoms with Crippen LogP contribution in [0.1, 0.15) is 37.8 Å². The average molecular weight is 351 g/mol. The van der Waals surface area contributed by atoms with E-state index < -0.39 is 0 Å². The van der Waals surface area contributed by atoms with Gasteiger partial charge in [0.1, 0.15) is 12.4 Å². The van der Waals surface area contributed by atoms with Crippen LogP contribution >= 0.6 is 0 Å². The van der Waals surface area contributed by atoms with E-state index in [1.54, 1.807) is 6.92 Å². The summed E-state index contributed by atoms with van der Waals surface area (Å²) in [5.41, 5.74) is 2.69. The second kappa shape index (κ2) is 8.61. The first-order chi connectivity index (χ1) is 12.6. The number of aryl methyl sites for hydroxylation is 1. The Morgan fingerprint density at radius 2 is 2.04 bits per heavy atom. The molecule has 0 spiro atoms. The van der Waals surface area contributed by atoms with Crippen LogP contribution in [0.25, 0.3) is 11.4 Å². The molecule has 0 atom stereocenters. The molecule has 0 radical (unpaired) electrons. The molecule has 0 fully saturated rings. The van der Waals surface area contributed by atoms with Gasteiger partial charge < -0.3 is 5.32 Å². The van der Waals surface area contributed by atoms with E-state index in [1.807, 2.05) is 30.3 Å². The number of hydrogen-bond acceptors (Lipinski definition) is 3. The van der Waals surface area contributed by atoms with Crippen molar-refractivity contribution in [2.75, 3.05) is 6.54 Å². The fourth-order valence-corrected chi connectivity index (χ4v) is 3.27. The Hall–Kier alpha value is -2.69. The van der Waals surface area contributed by atoms with Gasteiger partial charge in [0.05, 0.1) is 0 Å². The third-order valence-electron chi connectivity index (χ3n) is 4.62. The monoisotopic (exact) mass is 351 g/mol. The lowest BCUT2D eigenvalue weighted by molar-refractivity contribution is -0.121. The molecule has 2 aromatic rings. The second-order valence-electron chi connectivity index (χ2n) is 6.72. The van der Waals surface area contributed by atoms with Crippen molar-refractivity contribution in [3.8, 4) is 11.4 Å². The summed E-state index contributed by atoms with van der Waals surface area (Å²) in [6.45, 7) is 2.38. The summed E-state index contributed by atoms with van der Waals surface area (Å²) >= 11 is 0. The van der Waals surface area contributed by atoms with E-state index in [-0.39, 0.29) is 18.0 Å². The minimum absolute atomic E-state index is 0.0185. The van der Waals surface area contributed by atoms with Crippen molar-refractivity contribution in [3.05, 3.63) is 64.1 Å². The maximum atomic E-state index is 12.4. The highest BCUT2D eigenvalue weighted by Crippen LogP contribution is 2.19. The third-order valence-corrected chi connectivity index (χ3v) is 4.62. The minimum atomic E-state index is -0.207. The van der Waals surface area contributed by atoms with Crippen LogP contribution in [0.5, 0.6) is 0 Å². The van der Waals surface area contributed by atoms with Gasteiger partial charge in [0, 0.05) is 23.9 Å². The van der Waals surface area contributed by atoms with Crippen molar-refractivity contribution in [2.45, 2.75) is 45.6 Å². The van der Waals surface area contributed by atoms with Crippen LogP contribution in [0, 0.1) is 6.92 Å². The molecule has 1 aromatic carbocycles. The zero-order valence-electron chi connectivity index (χ0n) is 15.2. The molecular weight excluding hydrogens is 326 g/mol. The quantitative estimate of drug-likeness (QED) is 0.813. The zero-order valence-corrected chi connectivity index (χ0v) is 15.2. The molecule has 1 heterocycles. The second-order valence-corrected chi connectivity index (χ2v) is 6.72. The predicted octanol–water partition coefficient (Wildman–Crippen LogP) is 3.23. The van der Waals surface area contributed by atoms with Crippen LogP contribution in [-0.2, 0) is 11.3 Å². The van der Waals surface area contributed by atoms with E-state index in [0.717, 1.165) is 24.8 Å². The number of carbonyl (C=O) groups excluding carboxylic acids is 1. The molecule has 1 amide bonds. The average Bonchev–Trinajstić information content (AvgIpc) is 2.65. The molecule has 136 valence electrons. The summed E-state index contributed by atoms with van der Waals surface area (Å²) < 4.78 is 1.44. The van der Waals surface area contributed by atoms with Crippen LogP contribution < -0.4 is 10.9 Å². The van der Waals surface area contributed by atoms with Crippen molar-refractivity contribution >= 4 is 5.91 Å². The van der Waals surface area contributed by atoms with Gasteiger partial charge in [-0.2, -0.15) is 0 Å². The first-order valence-electron chi connectivity index (χ1n) is 9.22. The molecule has 3 rings (SSSR count). The lowest BCUT2D eigenvalue weighted by atomic mass is 9.97. The molecule has 26 heavy (non-hydrogen) atoms. The number of nitrogens with zero attached hydrogens (tertiary/aromatic N) is 2. The van der Waals surface area contributed by atoms with Gasteiger partial charge in [-0.05, 0) is 39.0 Å². The molecule has 0 saturated carbocycles. The number of nitrogens with one attached hydrogen (secondary N) is 1. The molecule has 1 aromatic heterocycles. The van der Waals surface area contributed by atoms with Crippen LogP contribution in [0.15, 0.2) is 52.8 Å². The van der Waals surface area contributed by atoms with E-state index in [0.29, 0.717) is 18.1 Å². The summed E-state index contributed by atoms with van der Waals surface area (Å²) in [4.78, 5) is 29.3. The molecule has 0 aliphatic heterocycles. The topological polar surface area (TPSA) is 64.0 Å². The van der Waals surface area contributed by atoms with Gasteiger partial charge in [0.15, 0.2) is 0 Å². The van der Waals surface area contributed by atoms with Gasteiger partial charge in [-0.1, -0.05) is 42.0 Å². The number of carbonyl (C=O) groups is 1. The number of rotatable bonds is 6. The number of amides is 1. The fraction of sp³-hybridized carbons (Fsp3) is 0.381. The van der Waals surface area contributed by atoms with E-state index in [9.17, 15) is 9.59 Å². The highest BCUT2D eigenvalue weighted by atomic mass is 16.2. The van der Waals surface area contributed by atoms with E-state index >= 15 is 0 Å². The summed E-state index contributed by atoms with van der Waals surface area (Å²) in [5, 5.41) is 2.93. The fourth-order valence-electron chi connectivity index (χ4n) is 3.27. The molecule has 1 N–H and O–H groups in total. The highest BCUT2D eigenvalue weighted by Gasteiger charge is 2.13. The van der Waals surface area contributed by atoms with Crippen molar-refractivity contribution in [1.82, 2.24) is 14.9 Å². The molecular formula is C21H25N3O2. The van der Waals surface area contributed by atoms with Crippen LogP contribution in [0.3, 0.4) is 0 Å². The zero-order chi connectivity index (χ0) is 18.4. The smallest absolute Gasteiger partial charge is 0.254 e. The molecule has 0 saturated heterocycles. The van der Waals surface area contributed by atoms with Crippen molar-refractivity contribution in [3.63, 3.8) is 0 Å². The lowest BCUT2D eigenvalue weighted by Gasteiger charge is -2.14. The van der Waals surface area contributed by atoms with E-state index in [2.05, 4.69) is 16.4 Å². The number of benzene rings is 1. The molecule has 5 heteroatoms. The first-order valence-corrected chi connectivity index (χ1v) is 9.22. The molecule has 5 nitrogen and oxygen atoms in total. The minimum Gasteiger partial charge on any atom is -0.354 e. The van der Waals surface area contributed by atoms with Gasteiger partial charge in [0.2, 0.25) is 5.91 Å². The van der Waals surface area contributed by atoms with Gasteiger partial charge in [0.25, 0.3) is 5.56 Å². The van der Waals surface area contributed by atoms with Gasteiger partial charge in [-0.3, -0.25) is 14.2 Å². The van der Waals surface area contributed by atoms with E-state index in [1.165, 1.54) is 29.0 Å². The Morgan fingerprint density at radius 3 is 2.77 bits per heavy atom. The maximum Gasteiger partial charge on any atom is 0.254 e. The predicted molar refractivity (Wildman–Crippen MR) is 103 cm³/mol. The Kier molecular flexibility index (Phi) is 6.00. The van der Waals surface area contributed by atoms with Crippen molar-refractivity contribution < 1.29 is 4.79 Å². The molecule has 0 unspecified atom stereocenters. The molecule has 1 aliphatic carbocycles. The molecule has 0 bridgehead atoms. The summed E-state index contributed by atoms with van der Waals surface area (Å²) in [6, 6.07) is 11.0. The summed E-state index contributed by atoms with van der Waals surface area (Å²) in [7, 11) is 0. The maximum absolute atomic E-state index is 12.4. The number of hydrogen-bond donors (Lipinski definition) is 1. The van der Waals surface area contributed by atoms with Crippen LogP contribution in [-0.4, -0.2) is 22.0 Å². The summed E-state index contributed by atoms with van der Waals surface area (Å²) in [6.07, 6.45) is 7.96. The Bertz CT molecular complexity index is 853. The number of allylic oxidation sites excluding steroid dienone is 1. The number of aromatic nitrogens is 2. The van der Waals surface area contributed by atoms with Crippen LogP contribution in [0.4, 0.5) is 0 Å². The van der Waals surface area contributed by atoms with Crippen molar-refractivity contribution in [1.29, 1.82) is 0 Å². The Balaban J connectivity index is 1.69. The third kappa shape index (κ3) is 4.69. The highest BCUT2D eigenvalue weighted by molar-refractivity contribution is 5.76. The van der Waals surface area contributed by atoms with Gasteiger partial charge >= 0.3 is 0 Å². The van der Waals surface area contributed by atoms with Gasteiger partial charge in [-0.25, -0.2) is 4.98 Å². The normalized spacial score (nSPS) is 14.0. The summed E-state index contributed by atoms with van der Waals surface area (Å²) in [5.74, 6) is 0.368. The van der Waals surface area contributed by atoms with Crippen molar-refractivity contribution in [2.24, 2.45) is 0 Å². The molecule has 1 aliphatic rings. The van der Waals surface area contributed by atoms with E-state index in [4.69, 9.17) is 0 Å². The van der Waals surface area contributed by atoms with Gasteiger partial charge in [-0.15, -0.1) is 0 Å². The first kappa shape index (κ1) is 18.1. The Labute approximate surface area is 153 Å². The SMILES string of the molecule is Cc1cc(=O)n(CC(=O)NCCC2=CCCCC2)c(-c2ccccc2)n1. The standard InChI is InChI=1S/C21H25N3O2/c1-16-14-20(26)24(21(23-16)18-10-6-3-7-11-18)15-19(25)22-13-12-17-8-4-2-5-9-17/h3,6-8,10-11,14H,2,4-5,9,12-13,15H2,1H3,(H,22,25). The Morgan fingerprint density at radius 1 is 1.23 bits per heavy atom. The largest absolute Gasteiger partial charge is 0.354 e. The van der Waals surface area contributed by atoms with Crippen LogP contribution in [0.2, 0.25) is 0 Å².